The molecule has 1 amide bonds. The summed E-state index contributed by atoms with van der Waals surface area (Å²) in [4.78, 5) is 16.5. The van der Waals surface area contributed by atoms with Gasteiger partial charge in [-0.25, -0.2) is 4.79 Å². The van der Waals surface area contributed by atoms with E-state index in [4.69, 9.17) is 18.8 Å². The Balaban J connectivity index is 2.23. The number of amides is 1. The fourth-order valence-corrected chi connectivity index (χ4v) is 2.47. The zero-order chi connectivity index (χ0) is 21.2. The highest BCUT2D eigenvalue weighted by Gasteiger charge is 2.52. The van der Waals surface area contributed by atoms with E-state index in [9.17, 15) is 4.79 Å². The zero-order valence-electron chi connectivity index (χ0n) is 18.1. The van der Waals surface area contributed by atoms with E-state index in [-0.39, 0.29) is 6.54 Å². The molecule has 0 unspecified atom stereocenters. The van der Waals surface area contributed by atoms with E-state index in [1.807, 2.05) is 66.7 Å². The van der Waals surface area contributed by atoms with Crippen LogP contribution in [-0.4, -0.2) is 48.7 Å². The Bertz CT molecular complexity index is 707. The quantitative estimate of drug-likeness (QED) is 0.774. The van der Waals surface area contributed by atoms with Gasteiger partial charge in [-0.05, 0) is 72.1 Å². The average molecular weight is 390 g/mol. The van der Waals surface area contributed by atoms with Crippen molar-refractivity contribution in [2.24, 2.45) is 0 Å². The molecule has 1 fully saturated rings. The van der Waals surface area contributed by atoms with Crippen LogP contribution >= 0.6 is 0 Å². The first-order valence-electron chi connectivity index (χ1n) is 9.36. The van der Waals surface area contributed by atoms with Gasteiger partial charge in [0.15, 0.2) is 0 Å². The Morgan fingerprint density at radius 3 is 2.29 bits per heavy atom. The number of pyridine rings is 1. The highest BCUT2D eigenvalue weighted by atomic mass is 16.7. The largest absolute Gasteiger partial charge is 0.495 e. The van der Waals surface area contributed by atoms with Crippen LogP contribution in [0.3, 0.4) is 0 Å². The van der Waals surface area contributed by atoms with Gasteiger partial charge in [-0.3, -0.25) is 4.98 Å². The Kier molecular flexibility index (Phi) is 6.46. The number of carbonyl (C=O) groups excluding carboxylic acids is 1. The zero-order valence-corrected chi connectivity index (χ0v) is 18.1. The van der Waals surface area contributed by atoms with Crippen molar-refractivity contribution in [3.05, 3.63) is 29.5 Å². The van der Waals surface area contributed by atoms with E-state index < -0.39 is 30.0 Å². The predicted molar refractivity (Wildman–Crippen MR) is 109 cm³/mol. The summed E-state index contributed by atoms with van der Waals surface area (Å²) in [6.45, 7) is 13.6. The van der Waals surface area contributed by atoms with E-state index in [1.165, 1.54) is 0 Å². The number of methoxy groups -OCH3 is 1. The molecular weight excluding hydrogens is 359 g/mol. The maximum atomic E-state index is 12.1. The van der Waals surface area contributed by atoms with Crippen LogP contribution in [0.1, 0.15) is 54.2 Å². The Morgan fingerprint density at radius 2 is 1.82 bits per heavy atom. The third-order valence-corrected chi connectivity index (χ3v) is 4.72. The van der Waals surface area contributed by atoms with Crippen LogP contribution in [0.4, 0.5) is 4.79 Å². The second-order valence-electron chi connectivity index (χ2n) is 8.79. The van der Waals surface area contributed by atoms with Gasteiger partial charge in [0.2, 0.25) is 0 Å². The summed E-state index contributed by atoms with van der Waals surface area (Å²) < 4.78 is 22.8. The van der Waals surface area contributed by atoms with E-state index >= 15 is 0 Å². The lowest BCUT2D eigenvalue weighted by molar-refractivity contribution is 0.00578. The van der Waals surface area contributed by atoms with Crippen LogP contribution < -0.4 is 10.1 Å². The lowest BCUT2D eigenvalue weighted by atomic mass is 9.77. The van der Waals surface area contributed by atoms with E-state index in [0.29, 0.717) is 11.4 Å². The van der Waals surface area contributed by atoms with Crippen molar-refractivity contribution in [2.75, 3.05) is 13.7 Å². The predicted octanol–water partition coefficient (Wildman–Crippen LogP) is 3.63. The Labute approximate surface area is 167 Å². The molecule has 154 valence electrons. The van der Waals surface area contributed by atoms with Crippen LogP contribution in [0.2, 0.25) is 0 Å². The minimum Gasteiger partial charge on any atom is -0.495 e. The molecule has 0 radical (unpaired) electrons. The number of rotatable bonds is 5. The number of aromatic nitrogens is 1. The van der Waals surface area contributed by atoms with Gasteiger partial charge in [-0.1, -0.05) is 0 Å². The third-order valence-electron chi connectivity index (χ3n) is 4.72. The van der Waals surface area contributed by atoms with E-state index in [1.54, 1.807) is 13.3 Å². The van der Waals surface area contributed by atoms with Gasteiger partial charge in [-0.15, -0.1) is 0 Å². The fourth-order valence-electron chi connectivity index (χ4n) is 2.47. The summed E-state index contributed by atoms with van der Waals surface area (Å²) in [5, 5.41) is 2.77. The minimum atomic E-state index is -0.608. The van der Waals surface area contributed by atoms with Crippen LogP contribution in [0.15, 0.2) is 23.8 Å². The summed E-state index contributed by atoms with van der Waals surface area (Å²) in [5.41, 5.74) is -0.110. The average Bonchev–Trinajstić information content (AvgIpc) is 2.78. The number of nitrogens with zero attached hydrogens (tertiary/aromatic N) is 1. The molecule has 1 N–H and O–H groups in total. The number of alkyl carbamates (subject to hydrolysis) is 1. The van der Waals surface area contributed by atoms with Gasteiger partial charge >= 0.3 is 13.2 Å². The first-order chi connectivity index (χ1) is 12.8. The van der Waals surface area contributed by atoms with Crippen LogP contribution in [0.5, 0.6) is 5.75 Å². The van der Waals surface area contributed by atoms with Crippen molar-refractivity contribution in [3.63, 3.8) is 0 Å². The molecule has 7 nitrogen and oxygen atoms in total. The fraction of sp³-hybridized carbons (Fsp3) is 0.600. The molecule has 1 aromatic heterocycles. The summed E-state index contributed by atoms with van der Waals surface area (Å²) in [6, 6.07) is 3.65. The van der Waals surface area contributed by atoms with E-state index in [0.717, 1.165) is 5.47 Å². The van der Waals surface area contributed by atoms with Gasteiger partial charge in [-0.2, -0.15) is 0 Å². The summed E-state index contributed by atoms with van der Waals surface area (Å²) >= 11 is 0. The second kappa shape index (κ2) is 8.13. The molecule has 1 aliphatic heterocycles. The van der Waals surface area contributed by atoms with Gasteiger partial charge in [0.25, 0.3) is 0 Å². The minimum absolute atomic E-state index is 0.208. The second-order valence-corrected chi connectivity index (χ2v) is 8.79. The van der Waals surface area contributed by atoms with Crippen LogP contribution in [0, 0.1) is 0 Å². The maximum Gasteiger partial charge on any atom is 0.492 e. The van der Waals surface area contributed by atoms with Crippen LogP contribution in [-0.2, 0) is 14.0 Å². The number of hydrogen-bond donors (Lipinski definition) is 1. The first-order valence-corrected chi connectivity index (χ1v) is 9.36. The molecule has 28 heavy (non-hydrogen) atoms. The maximum absolute atomic E-state index is 12.1. The number of nitrogens with one attached hydrogen (secondary N) is 1. The lowest BCUT2D eigenvalue weighted by Gasteiger charge is -2.32. The van der Waals surface area contributed by atoms with Crippen molar-refractivity contribution < 1.29 is 23.6 Å². The van der Waals surface area contributed by atoms with Crippen molar-refractivity contribution in [2.45, 2.75) is 65.3 Å². The molecule has 8 heteroatoms. The monoisotopic (exact) mass is 390 g/mol. The Morgan fingerprint density at radius 1 is 1.21 bits per heavy atom. The van der Waals surface area contributed by atoms with Gasteiger partial charge < -0.3 is 24.1 Å². The van der Waals surface area contributed by atoms with Crippen molar-refractivity contribution in [1.29, 1.82) is 0 Å². The molecular formula is C20H31BN2O5. The molecule has 1 aromatic rings. The molecule has 0 spiro atoms. The molecule has 0 bridgehead atoms. The molecule has 1 aliphatic rings. The van der Waals surface area contributed by atoms with Crippen molar-refractivity contribution in [1.82, 2.24) is 10.3 Å². The highest BCUT2D eigenvalue weighted by Crippen LogP contribution is 2.38. The molecule has 0 saturated carbocycles. The van der Waals surface area contributed by atoms with Crippen molar-refractivity contribution >= 4 is 19.3 Å². The van der Waals surface area contributed by atoms with Crippen molar-refractivity contribution in [3.8, 4) is 5.75 Å². The Hall–Kier alpha value is -2.06. The summed E-state index contributed by atoms with van der Waals surface area (Å²) in [5.74, 6) is 0.668. The normalized spacial score (nSPS) is 18.7. The molecule has 2 heterocycles. The molecule has 0 aliphatic carbocycles. The standard InChI is InChI=1S/C20H31BN2O5/c1-18(2,3)26-17(24)23-12-14(11-15-9-10-16(25-8)13-22-15)21-27-19(4,5)20(6,7)28-21/h9-11,13H,12H2,1-8H3,(H,23,24). The third kappa shape index (κ3) is 5.72. The number of hydrogen-bond acceptors (Lipinski definition) is 6. The smallest absolute Gasteiger partial charge is 0.492 e. The lowest BCUT2D eigenvalue weighted by Crippen LogP contribution is -2.41. The molecule has 2 rings (SSSR count). The topological polar surface area (TPSA) is 78.9 Å². The van der Waals surface area contributed by atoms with Gasteiger partial charge in [0.1, 0.15) is 11.4 Å². The highest BCUT2D eigenvalue weighted by molar-refractivity contribution is 6.56. The molecule has 1 saturated heterocycles. The first kappa shape index (κ1) is 22.2. The van der Waals surface area contributed by atoms with Gasteiger partial charge in [0, 0.05) is 6.54 Å². The van der Waals surface area contributed by atoms with E-state index in [2.05, 4.69) is 10.3 Å². The molecule has 0 aromatic carbocycles. The molecule has 0 atom stereocenters. The number of carbonyl (C=O) groups is 1. The summed E-state index contributed by atoms with van der Waals surface area (Å²) in [7, 11) is 0.983. The number of ether oxygens (including phenoxy) is 2. The summed E-state index contributed by atoms with van der Waals surface area (Å²) in [6.07, 6.45) is 2.98. The van der Waals surface area contributed by atoms with Gasteiger partial charge in [0.05, 0.1) is 30.2 Å². The van der Waals surface area contributed by atoms with Crippen LogP contribution in [0.25, 0.3) is 6.08 Å². The SMILES string of the molecule is COc1ccc(C=C(CNC(=O)OC(C)(C)C)B2OC(C)(C)C(C)(C)O2)nc1.